The Morgan fingerprint density at radius 2 is 1.76 bits per heavy atom. The standard InChI is InChI=1S/C24H23BrN2O2/c1-3-29-23-14-9-18(15-24(23)28-2)22-16-21(17-7-5-4-6-8-17)26-27(22)20-12-10-19(25)11-13-20/h4-15,22H,3,16H2,1-2H3. The fourth-order valence-corrected chi connectivity index (χ4v) is 3.84. The molecule has 0 aromatic heterocycles. The second kappa shape index (κ2) is 8.70. The third kappa shape index (κ3) is 4.15. The van der Waals surface area contributed by atoms with E-state index in [9.17, 15) is 0 Å². The molecule has 0 amide bonds. The molecule has 1 aliphatic heterocycles. The summed E-state index contributed by atoms with van der Waals surface area (Å²) in [6.07, 6.45) is 0.817. The Morgan fingerprint density at radius 3 is 2.45 bits per heavy atom. The second-order valence-corrected chi connectivity index (χ2v) is 7.71. The number of nitrogens with zero attached hydrogens (tertiary/aromatic N) is 2. The van der Waals surface area contributed by atoms with E-state index in [0.29, 0.717) is 6.61 Å². The van der Waals surface area contributed by atoms with Crippen molar-refractivity contribution in [2.75, 3.05) is 18.7 Å². The third-order valence-corrected chi connectivity index (χ3v) is 5.51. The fraction of sp³-hybridized carbons (Fsp3) is 0.208. The summed E-state index contributed by atoms with van der Waals surface area (Å²) in [4.78, 5) is 0. The molecule has 4 nitrogen and oxygen atoms in total. The van der Waals surface area contributed by atoms with E-state index in [-0.39, 0.29) is 6.04 Å². The zero-order valence-corrected chi connectivity index (χ0v) is 18.1. The van der Waals surface area contributed by atoms with Gasteiger partial charge >= 0.3 is 0 Å². The number of hydrogen-bond acceptors (Lipinski definition) is 4. The molecule has 3 aromatic carbocycles. The number of rotatable bonds is 6. The molecule has 1 aliphatic rings. The van der Waals surface area contributed by atoms with Crippen molar-refractivity contribution in [2.24, 2.45) is 5.10 Å². The molecule has 0 bridgehead atoms. The van der Waals surface area contributed by atoms with Crippen LogP contribution in [0.5, 0.6) is 11.5 Å². The van der Waals surface area contributed by atoms with Crippen LogP contribution in [0.25, 0.3) is 0 Å². The van der Waals surface area contributed by atoms with Crippen molar-refractivity contribution in [3.63, 3.8) is 0 Å². The Labute approximate surface area is 179 Å². The van der Waals surface area contributed by atoms with E-state index in [1.807, 2.05) is 31.2 Å². The van der Waals surface area contributed by atoms with E-state index in [1.165, 1.54) is 0 Å². The van der Waals surface area contributed by atoms with Crippen molar-refractivity contribution in [3.8, 4) is 11.5 Å². The van der Waals surface area contributed by atoms with Gasteiger partial charge < -0.3 is 9.47 Å². The topological polar surface area (TPSA) is 34.1 Å². The lowest BCUT2D eigenvalue weighted by molar-refractivity contribution is 0.310. The summed E-state index contributed by atoms with van der Waals surface area (Å²) in [7, 11) is 1.68. The van der Waals surface area contributed by atoms with Gasteiger partial charge in [0.2, 0.25) is 0 Å². The lowest BCUT2D eigenvalue weighted by atomic mass is 9.98. The number of methoxy groups -OCH3 is 1. The Morgan fingerprint density at radius 1 is 1.00 bits per heavy atom. The van der Waals surface area contributed by atoms with Crippen molar-refractivity contribution >= 4 is 27.3 Å². The molecular formula is C24H23BrN2O2. The second-order valence-electron chi connectivity index (χ2n) is 6.80. The quantitative estimate of drug-likeness (QED) is 0.447. The number of hydrogen-bond donors (Lipinski definition) is 0. The van der Waals surface area contributed by atoms with Crippen LogP contribution in [-0.4, -0.2) is 19.4 Å². The lowest BCUT2D eigenvalue weighted by Crippen LogP contribution is -2.18. The summed E-state index contributed by atoms with van der Waals surface area (Å²) < 4.78 is 12.3. The van der Waals surface area contributed by atoms with Gasteiger partial charge in [-0.15, -0.1) is 0 Å². The van der Waals surface area contributed by atoms with Crippen LogP contribution in [0.15, 0.2) is 82.4 Å². The van der Waals surface area contributed by atoms with Gasteiger partial charge in [-0.25, -0.2) is 0 Å². The van der Waals surface area contributed by atoms with Crippen LogP contribution in [0.1, 0.15) is 30.5 Å². The predicted octanol–water partition coefficient (Wildman–Crippen LogP) is 6.21. The Balaban J connectivity index is 1.74. The normalized spacial score (nSPS) is 15.9. The van der Waals surface area contributed by atoms with E-state index < -0.39 is 0 Å². The molecule has 0 saturated carbocycles. The zero-order chi connectivity index (χ0) is 20.2. The van der Waals surface area contributed by atoms with Crippen LogP contribution in [0, 0.1) is 0 Å². The Hall–Kier alpha value is -2.79. The smallest absolute Gasteiger partial charge is 0.161 e. The van der Waals surface area contributed by atoms with Crippen molar-refractivity contribution in [2.45, 2.75) is 19.4 Å². The molecular weight excluding hydrogens is 428 g/mol. The Kier molecular flexibility index (Phi) is 5.86. The Bertz CT molecular complexity index is 1000. The molecule has 3 aromatic rings. The van der Waals surface area contributed by atoms with Crippen LogP contribution >= 0.6 is 15.9 Å². The van der Waals surface area contributed by atoms with Crippen molar-refractivity contribution in [1.29, 1.82) is 0 Å². The van der Waals surface area contributed by atoms with Gasteiger partial charge in [0.15, 0.2) is 11.5 Å². The van der Waals surface area contributed by atoms with Gasteiger partial charge in [-0.1, -0.05) is 52.3 Å². The highest BCUT2D eigenvalue weighted by Gasteiger charge is 2.30. The number of ether oxygens (including phenoxy) is 2. The predicted molar refractivity (Wildman–Crippen MR) is 121 cm³/mol. The third-order valence-electron chi connectivity index (χ3n) is 4.98. The van der Waals surface area contributed by atoms with Crippen LogP contribution in [0.2, 0.25) is 0 Å². The summed E-state index contributed by atoms with van der Waals surface area (Å²) in [6, 6.07) is 24.8. The summed E-state index contributed by atoms with van der Waals surface area (Å²) in [6.45, 7) is 2.57. The molecule has 1 heterocycles. The molecule has 0 fully saturated rings. The first-order chi connectivity index (χ1) is 14.2. The summed E-state index contributed by atoms with van der Waals surface area (Å²) in [5, 5.41) is 7.09. The van der Waals surface area contributed by atoms with Gasteiger partial charge in [-0.2, -0.15) is 5.10 Å². The molecule has 1 unspecified atom stereocenters. The first kappa shape index (κ1) is 19.5. The molecule has 0 spiro atoms. The minimum absolute atomic E-state index is 0.0796. The molecule has 29 heavy (non-hydrogen) atoms. The maximum atomic E-state index is 5.69. The van der Waals surface area contributed by atoms with Gasteiger partial charge in [0.05, 0.1) is 31.2 Å². The summed E-state index contributed by atoms with van der Waals surface area (Å²) in [5.41, 5.74) is 4.42. The van der Waals surface area contributed by atoms with Gasteiger partial charge in [-0.05, 0) is 54.4 Å². The van der Waals surface area contributed by atoms with Crippen LogP contribution in [0.3, 0.4) is 0 Å². The molecule has 0 aliphatic carbocycles. The molecule has 0 N–H and O–H groups in total. The zero-order valence-electron chi connectivity index (χ0n) is 16.5. The first-order valence-corrected chi connectivity index (χ1v) is 10.5. The monoisotopic (exact) mass is 450 g/mol. The average Bonchev–Trinajstić information content (AvgIpc) is 3.21. The highest BCUT2D eigenvalue weighted by atomic mass is 79.9. The van der Waals surface area contributed by atoms with Crippen molar-refractivity contribution in [3.05, 3.63) is 88.4 Å². The fourth-order valence-electron chi connectivity index (χ4n) is 3.57. The molecule has 0 saturated heterocycles. The van der Waals surface area contributed by atoms with Gasteiger partial charge in [0.25, 0.3) is 0 Å². The molecule has 0 radical (unpaired) electrons. The SMILES string of the molecule is CCOc1ccc(C2CC(c3ccccc3)=NN2c2ccc(Br)cc2)cc1OC. The lowest BCUT2D eigenvalue weighted by Gasteiger charge is -2.25. The maximum absolute atomic E-state index is 5.69. The summed E-state index contributed by atoms with van der Waals surface area (Å²) >= 11 is 3.52. The number of hydrazone groups is 1. The van der Waals surface area contributed by atoms with Gasteiger partial charge in [0, 0.05) is 10.9 Å². The molecule has 5 heteroatoms. The van der Waals surface area contributed by atoms with E-state index in [4.69, 9.17) is 14.6 Å². The molecule has 4 rings (SSSR count). The van der Waals surface area contributed by atoms with Crippen molar-refractivity contribution < 1.29 is 9.47 Å². The minimum atomic E-state index is 0.0796. The number of anilines is 1. The highest BCUT2D eigenvalue weighted by Crippen LogP contribution is 2.40. The van der Waals surface area contributed by atoms with Crippen molar-refractivity contribution in [1.82, 2.24) is 0 Å². The van der Waals surface area contributed by atoms with E-state index in [0.717, 1.165) is 44.9 Å². The molecule has 1 atom stereocenters. The highest BCUT2D eigenvalue weighted by molar-refractivity contribution is 9.10. The number of halogens is 1. The molecule has 148 valence electrons. The average molecular weight is 451 g/mol. The number of benzene rings is 3. The van der Waals surface area contributed by atoms with E-state index in [2.05, 4.69) is 69.5 Å². The van der Waals surface area contributed by atoms with Gasteiger partial charge in [-0.3, -0.25) is 5.01 Å². The maximum Gasteiger partial charge on any atom is 0.161 e. The van der Waals surface area contributed by atoms with Gasteiger partial charge in [0.1, 0.15) is 0 Å². The van der Waals surface area contributed by atoms with Crippen LogP contribution < -0.4 is 14.5 Å². The summed E-state index contributed by atoms with van der Waals surface area (Å²) in [5.74, 6) is 1.50. The van der Waals surface area contributed by atoms with E-state index in [1.54, 1.807) is 7.11 Å². The van der Waals surface area contributed by atoms with Crippen LogP contribution in [-0.2, 0) is 0 Å². The minimum Gasteiger partial charge on any atom is -0.493 e. The first-order valence-electron chi connectivity index (χ1n) is 9.68. The largest absolute Gasteiger partial charge is 0.493 e. The van der Waals surface area contributed by atoms with E-state index >= 15 is 0 Å². The van der Waals surface area contributed by atoms with Crippen LogP contribution in [0.4, 0.5) is 5.69 Å².